The first-order chi connectivity index (χ1) is 11.2. The number of amides is 1. The van der Waals surface area contributed by atoms with Gasteiger partial charge in [0.1, 0.15) is 0 Å². The topological polar surface area (TPSA) is 78.4 Å². The number of aromatic nitrogens is 1. The van der Waals surface area contributed by atoms with Crippen molar-refractivity contribution in [3.8, 4) is 0 Å². The van der Waals surface area contributed by atoms with Crippen LogP contribution in [-0.2, 0) is 11.2 Å². The standard InChI is InChI=1S/C16H27N5OS.HI/c1-12-20-14(11-23-12)7-9-18-16(17-2)19-10-8-15(22)21-13-5-3-4-6-13;/h11,13H,3-10H2,1-2H3,(H,21,22)(H2,17,18,19);1H. The highest BCUT2D eigenvalue weighted by Gasteiger charge is 2.16. The number of thiazole rings is 1. The molecule has 0 aliphatic heterocycles. The first-order valence-electron chi connectivity index (χ1n) is 8.32. The van der Waals surface area contributed by atoms with E-state index in [0.29, 0.717) is 19.0 Å². The zero-order valence-electron chi connectivity index (χ0n) is 14.4. The minimum atomic E-state index is 0. The number of hydrogen-bond acceptors (Lipinski definition) is 4. The molecule has 0 atom stereocenters. The van der Waals surface area contributed by atoms with E-state index in [9.17, 15) is 4.79 Å². The monoisotopic (exact) mass is 465 g/mol. The van der Waals surface area contributed by atoms with Crippen molar-refractivity contribution < 1.29 is 4.79 Å². The van der Waals surface area contributed by atoms with Crippen molar-refractivity contribution in [2.24, 2.45) is 4.99 Å². The van der Waals surface area contributed by atoms with Gasteiger partial charge in [-0.25, -0.2) is 4.98 Å². The molecular formula is C16H28IN5OS. The zero-order valence-corrected chi connectivity index (χ0v) is 17.6. The minimum absolute atomic E-state index is 0. The molecule has 2 rings (SSSR count). The second-order valence-electron chi connectivity index (χ2n) is 5.83. The summed E-state index contributed by atoms with van der Waals surface area (Å²) in [5.74, 6) is 0.850. The lowest BCUT2D eigenvalue weighted by atomic mass is 10.2. The molecular weight excluding hydrogens is 437 g/mol. The Hall–Kier alpha value is -0.900. The molecule has 0 saturated heterocycles. The van der Waals surface area contributed by atoms with E-state index in [1.165, 1.54) is 12.8 Å². The van der Waals surface area contributed by atoms with Crippen molar-refractivity contribution in [1.29, 1.82) is 0 Å². The van der Waals surface area contributed by atoms with E-state index < -0.39 is 0 Å². The molecule has 3 N–H and O–H groups in total. The molecule has 0 unspecified atom stereocenters. The fourth-order valence-electron chi connectivity index (χ4n) is 2.72. The number of aliphatic imine (C=N–C) groups is 1. The van der Waals surface area contributed by atoms with E-state index in [4.69, 9.17) is 0 Å². The normalized spacial score (nSPS) is 15.0. The van der Waals surface area contributed by atoms with E-state index in [2.05, 4.69) is 31.3 Å². The van der Waals surface area contributed by atoms with Gasteiger partial charge in [-0.15, -0.1) is 35.3 Å². The molecule has 1 aromatic heterocycles. The molecule has 1 aromatic rings. The van der Waals surface area contributed by atoms with Crippen LogP contribution in [0.2, 0.25) is 0 Å². The van der Waals surface area contributed by atoms with Crippen LogP contribution in [0.3, 0.4) is 0 Å². The minimum Gasteiger partial charge on any atom is -0.356 e. The number of carbonyl (C=O) groups is 1. The number of guanidine groups is 1. The molecule has 136 valence electrons. The van der Waals surface area contributed by atoms with Gasteiger partial charge in [-0.05, 0) is 19.8 Å². The van der Waals surface area contributed by atoms with Crippen LogP contribution in [-0.4, -0.2) is 43.0 Å². The summed E-state index contributed by atoms with van der Waals surface area (Å²) in [5.41, 5.74) is 1.10. The lowest BCUT2D eigenvalue weighted by Crippen LogP contribution is -2.41. The summed E-state index contributed by atoms with van der Waals surface area (Å²) in [4.78, 5) is 20.5. The highest BCUT2D eigenvalue weighted by Crippen LogP contribution is 2.17. The zero-order chi connectivity index (χ0) is 16.5. The van der Waals surface area contributed by atoms with Gasteiger partial charge in [0, 0.05) is 44.4 Å². The first-order valence-corrected chi connectivity index (χ1v) is 9.20. The lowest BCUT2D eigenvalue weighted by Gasteiger charge is -2.13. The van der Waals surface area contributed by atoms with Crippen molar-refractivity contribution in [2.45, 2.75) is 51.5 Å². The molecule has 0 bridgehead atoms. The third-order valence-corrected chi connectivity index (χ3v) is 4.75. The summed E-state index contributed by atoms with van der Waals surface area (Å²) in [6.45, 7) is 3.38. The maximum Gasteiger partial charge on any atom is 0.221 e. The number of rotatable bonds is 7. The number of aryl methyl sites for hydroxylation is 1. The van der Waals surface area contributed by atoms with Crippen LogP contribution in [0.25, 0.3) is 0 Å². The van der Waals surface area contributed by atoms with Gasteiger partial charge in [0.2, 0.25) is 5.91 Å². The van der Waals surface area contributed by atoms with E-state index in [1.54, 1.807) is 18.4 Å². The van der Waals surface area contributed by atoms with Crippen LogP contribution < -0.4 is 16.0 Å². The van der Waals surface area contributed by atoms with Crippen molar-refractivity contribution >= 4 is 47.2 Å². The molecule has 24 heavy (non-hydrogen) atoms. The lowest BCUT2D eigenvalue weighted by molar-refractivity contribution is -0.121. The summed E-state index contributed by atoms with van der Waals surface area (Å²) in [6, 6.07) is 0.390. The van der Waals surface area contributed by atoms with Crippen LogP contribution in [0.1, 0.15) is 42.8 Å². The summed E-state index contributed by atoms with van der Waals surface area (Å²) in [5, 5.41) is 12.7. The van der Waals surface area contributed by atoms with Gasteiger partial charge in [-0.3, -0.25) is 9.79 Å². The highest BCUT2D eigenvalue weighted by atomic mass is 127. The third-order valence-electron chi connectivity index (χ3n) is 3.93. The average Bonchev–Trinajstić information content (AvgIpc) is 3.17. The Balaban J connectivity index is 0.00000288. The Labute approximate surface area is 165 Å². The molecule has 8 heteroatoms. The molecule has 0 aromatic carbocycles. The highest BCUT2D eigenvalue weighted by molar-refractivity contribution is 14.0. The summed E-state index contributed by atoms with van der Waals surface area (Å²) in [6.07, 6.45) is 6.06. The second-order valence-corrected chi connectivity index (χ2v) is 6.89. The number of carbonyl (C=O) groups excluding carboxylic acids is 1. The molecule has 0 radical (unpaired) electrons. The van der Waals surface area contributed by atoms with Crippen molar-refractivity contribution in [3.63, 3.8) is 0 Å². The molecule has 0 spiro atoms. The van der Waals surface area contributed by atoms with Crippen LogP contribution >= 0.6 is 35.3 Å². The van der Waals surface area contributed by atoms with E-state index in [0.717, 1.165) is 42.5 Å². The van der Waals surface area contributed by atoms with E-state index in [1.807, 2.05) is 6.92 Å². The molecule has 1 saturated carbocycles. The number of nitrogens with zero attached hydrogens (tertiary/aromatic N) is 2. The first kappa shape index (κ1) is 21.1. The van der Waals surface area contributed by atoms with Crippen LogP contribution in [0.15, 0.2) is 10.4 Å². The quantitative estimate of drug-likeness (QED) is 0.328. The smallest absolute Gasteiger partial charge is 0.221 e. The summed E-state index contributed by atoms with van der Waals surface area (Å²) < 4.78 is 0. The van der Waals surface area contributed by atoms with Crippen molar-refractivity contribution in [3.05, 3.63) is 16.1 Å². The molecule has 1 amide bonds. The average molecular weight is 465 g/mol. The van der Waals surface area contributed by atoms with Gasteiger partial charge < -0.3 is 16.0 Å². The molecule has 1 aliphatic carbocycles. The van der Waals surface area contributed by atoms with Crippen LogP contribution in [0, 0.1) is 6.92 Å². The Morgan fingerprint density at radius 1 is 1.33 bits per heavy atom. The van der Waals surface area contributed by atoms with Gasteiger partial charge in [0.05, 0.1) is 10.7 Å². The van der Waals surface area contributed by atoms with E-state index >= 15 is 0 Å². The summed E-state index contributed by atoms with van der Waals surface area (Å²) >= 11 is 1.67. The predicted octanol–water partition coefficient (Wildman–Crippen LogP) is 2.23. The molecule has 1 fully saturated rings. The van der Waals surface area contributed by atoms with Gasteiger partial charge in [-0.2, -0.15) is 0 Å². The van der Waals surface area contributed by atoms with Crippen molar-refractivity contribution in [2.75, 3.05) is 20.1 Å². The van der Waals surface area contributed by atoms with Gasteiger partial charge >= 0.3 is 0 Å². The van der Waals surface area contributed by atoms with Gasteiger partial charge in [-0.1, -0.05) is 12.8 Å². The Kier molecular flexibility index (Phi) is 10.2. The van der Waals surface area contributed by atoms with Crippen LogP contribution in [0.5, 0.6) is 0 Å². The van der Waals surface area contributed by atoms with Gasteiger partial charge in [0.15, 0.2) is 5.96 Å². The fourth-order valence-corrected chi connectivity index (χ4v) is 3.36. The maximum absolute atomic E-state index is 11.9. The Morgan fingerprint density at radius 2 is 2.04 bits per heavy atom. The largest absolute Gasteiger partial charge is 0.356 e. The second kappa shape index (κ2) is 11.6. The number of nitrogens with one attached hydrogen (secondary N) is 3. The molecule has 1 aliphatic rings. The summed E-state index contributed by atoms with van der Waals surface area (Å²) in [7, 11) is 1.74. The molecule has 1 heterocycles. The van der Waals surface area contributed by atoms with Crippen LogP contribution in [0.4, 0.5) is 0 Å². The number of halogens is 1. The third kappa shape index (κ3) is 7.78. The van der Waals surface area contributed by atoms with Gasteiger partial charge in [0.25, 0.3) is 0 Å². The fraction of sp³-hybridized carbons (Fsp3) is 0.688. The maximum atomic E-state index is 11.9. The SMILES string of the molecule is CN=C(NCCC(=O)NC1CCCC1)NCCc1csc(C)n1.I. The van der Waals surface area contributed by atoms with Crippen molar-refractivity contribution in [1.82, 2.24) is 20.9 Å². The molecule has 6 nitrogen and oxygen atoms in total. The Morgan fingerprint density at radius 3 is 2.67 bits per heavy atom. The predicted molar refractivity (Wildman–Crippen MR) is 110 cm³/mol. The number of hydrogen-bond donors (Lipinski definition) is 3. The van der Waals surface area contributed by atoms with E-state index in [-0.39, 0.29) is 29.9 Å². The Bertz CT molecular complexity index is 528.